The van der Waals surface area contributed by atoms with Crippen molar-refractivity contribution in [2.24, 2.45) is 5.41 Å². The number of amides is 1. The highest BCUT2D eigenvalue weighted by Crippen LogP contribution is 2.48. The van der Waals surface area contributed by atoms with Gasteiger partial charge in [-0.25, -0.2) is 0 Å². The monoisotopic (exact) mass is 569 g/mol. The van der Waals surface area contributed by atoms with Crippen molar-refractivity contribution in [3.05, 3.63) is 39.3 Å². The van der Waals surface area contributed by atoms with Crippen LogP contribution >= 0.6 is 11.3 Å². The molecular weight excluding hydrogens is 526 g/mol. The predicted molar refractivity (Wildman–Crippen MR) is 158 cm³/mol. The van der Waals surface area contributed by atoms with Gasteiger partial charge in [0.2, 0.25) is 11.7 Å². The van der Waals surface area contributed by atoms with Crippen LogP contribution in [0, 0.1) is 12.3 Å². The standard InChI is InChI=1S/C31H43N3O5S/c1-6-10-25-24-15-31(8-3,9-4)12-11-23(24)28(40-25)30-33-29(34-39-30)21-13-19(5)27(20(7-2)14-21)38-18-22(36)16-32-26(37)17-35/h13-14,22,35-36H,6-12,15-18H2,1-5H3,(H,32,37). The molecule has 1 aliphatic rings. The molecule has 1 atom stereocenters. The van der Waals surface area contributed by atoms with Gasteiger partial charge in [0.15, 0.2) is 0 Å². The molecule has 9 heteroatoms. The third-order valence-corrected chi connectivity index (χ3v) is 9.67. The van der Waals surface area contributed by atoms with Gasteiger partial charge in [0.1, 0.15) is 25.1 Å². The molecule has 0 fully saturated rings. The highest BCUT2D eigenvalue weighted by Gasteiger charge is 2.36. The van der Waals surface area contributed by atoms with Gasteiger partial charge in [0, 0.05) is 17.0 Å². The number of hydrogen-bond donors (Lipinski definition) is 3. The number of aryl methyl sites for hydroxylation is 3. The van der Waals surface area contributed by atoms with Crippen LogP contribution in [0.15, 0.2) is 16.7 Å². The molecule has 3 N–H and O–H groups in total. The molecular formula is C31H43N3O5S. The largest absolute Gasteiger partial charge is 0.490 e. The third-order valence-electron chi connectivity index (χ3n) is 8.34. The lowest BCUT2D eigenvalue weighted by molar-refractivity contribution is -0.124. The molecule has 1 amide bonds. The molecule has 0 saturated carbocycles. The van der Waals surface area contributed by atoms with Crippen molar-refractivity contribution >= 4 is 17.2 Å². The van der Waals surface area contributed by atoms with Gasteiger partial charge in [-0.15, -0.1) is 11.3 Å². The first-order valence-electron chi connectivity index (χ1n) is 14.6. The molecule has 4 rings (SSSR count). The molecule has 3 aromatic rings. The molecule has 1 aliphatic carbocycles. The Morgan fingerprint density at radius 1 is 1.23 bits per heavy atom. The molecule has 0 spiro atoms. The molecule has 1 aromatic carbocycles. The van der Waals surface area contributed by atoms with E-state index in [0.29, 0.717) is 22.9 Å². The molecule has 2 aromatic heterocycles. The molecule has 0 bridgehead atoms. The van der Waals surface area contributed by atoms with E-state index in [9.17, 15) is 9.90 Å². The number of carbonyl (C=O) groups excluding carboxylic acids is 1. The Balaban J connectivity index is 1.57. The van der Waals surface area contributed by atoms with Gasteiger partial charge in [0.05, 0.1) is 4.88 Å². The summed E-state index contributed by atoms with van der Waals surface area (Å²) < 4.78 is 11.8. The highest BCUT2D eigenvalue weighted by molar-refractivity contribution is 7.15. The SMILES string of the molecule is CCCc1sc(-c2nc(-c3cc(C)c(OCC(O)CNC(=O)CO)c(CC)c3)no2)c2c1CC(CC)(CC)CC2. The summed E-state index contributed by atoms with van der Waals surface area (Å²) in [6, 6.07) is 3.99. The maximum absolute atomic E-state index is 11.2. The summed E-state index contributed by atoms with van der Waals surface area (Å²) in [5.41, 5.74) is 6.07. The van der Waals surface area contributed by atoms with E-state index in [1.165, 1.54) is 35.3 Å². The number of rotatable bonds is 13. The number of carbonyl (C=O) groups is 1. The summed E-state index contributed by atoms with van der Waals surface area (Å²) in [6.45, 7) is 10.3. The Morgan fingerprint density at radius 3 is 2.67 bits per heavy atom. The average Bonchev–Trinajstić information content (AvgIpc) is 3.60. The van der Waals surface area contributed by atoms with Gasteiger partial charge in [-0.2, -0.15) is 4.98 Å². The van der Waals surface area contributed by atoms with Crippen molar-refractivity contribution in [3.63, 3.8) is 0 Å². The van der Waals surface area contributed by atoms with Crippen LogP contribution in [-0.2, 0) is 30.5 Å². The van der Waals surface area contributed by atoms with Gasteiger partial charge in [-0.3, -0.25) is 4.79 Å². The second kappa shape index (κ2) is 13.3. The molecule has 0 aliphatic heterocycles. The van der Waals surface area contributed by atoms with E-state index < -0.39 is 18.6 Å². The van der Waals surface area contributed by atoms with Gasteiger partial charge in [0.25, 0.3) is 5.89 Å². The lowest BCUT2D eigenvalue weighted by Gasteiger charge is -2.36. The van der Waals surface area contributed by atoms with E-state index in [4.69, 9.17) is 19.4 Å². The Morgan fingerprint density at radius 2 is 2.00 bits per heavy atom. The smallest absolute Gasteiger partial charge is 0.268 e. The first-order valence-corrected chi connectivity index (χ1v) is 15.4. The minimum absolute atomic E-state index is 0.00782. The second-order valence-corrected chi connectivity index (χ2v) is 12.0. The molecule has 218 valence electrons. The number of fused-ring (bicyclic) bond motifs is 1. The van der Waals surface area contributed by atoms with Crippen LogP contribution in [0.5, 0.6) is 5.75 Å². The fourth-order valence-corrected chi connectivity index (χ4v) is 7.12. The lowest BCUT2D eigenvalue weighted by atomic mass is 9.68. The highest BCUT2D eigenvalue weighted by atomic mass is 32.1. The van der Waals surface area contributed by atoms with E-state index in [-0.39, 0.29) is 13.2 Å². The van der Waals surface area contributed by atoms with Crippen LogP contribution in [0.4, 0.5) is 0 Å². The van der Waals surface area contributed by atoms with Crippen molar-refractivity contribution in [2.75, 3.05) is 19.8 Å². The van der Waals surface area contributed by atoms with E-state index in [0.717, 1.165) is 53.7 Å². The van der Waals surface area contributed by atoms with Crippen LogP contribution in [-0.4, -0.2) is 52.1 Å². The zero-order valence-corrected chi connectivity index (χ0v) is 25.2. The maximum Gasteiger partial charge on any atom is 0.268 e. The molecule has 0 radical (unpaired) electrons. The fraction of sp³-hybridized carbons (Fsp3) is 0.581. The average molecular weight is 570 g/mol. The number of hydrogen-bond acceptors (Lipinski definition) is 8. The van der Waals surface area contributed by atoms with Crippen LogP contribution in [0.1, 0.15) is 80.5 Å². The number of aliphatic hydroxyl groups excluding tert-OH is 2. The Hall–Kier alpha value is -2.75. The number of thiophene rings is 1. The zero-order chi connectivity index (χ0) is 28.9. The summed E-state index contributed by atoms with van der Waals surface area (Å²) >= 11 is 1.83. The maximum atomic E-state index is 11.2. The Bertz CT molecular complexity index is 1310. The van der Waals surface area contributed by atoms with Crippen molar-refractivity contribution in [2.45, 2.75) is 92.1 Å². The second-order valence-electron chi connectivity index (χ2n) is 10.9. The number of nitrogens with one attached hydrogen (secondary N) is 1. The van der Waals surface area contributed by atoms with Crippen molar-refractivity contribution in [1.29, 1.82) is 0 Å². The predicted octanol–water partition coefficient (Wildman–Crippen LogP) is 5.43. The van der Waals surface area contributed by atoms with Gasteiger partial charge < -0.3 is 24.8 Å². The van der Waals surface area contributed by atoms with Crippen molar-refractivity contribution in [3.8, 4) is 27.9 Å². The van der Waals surface area contributed by atoms with E-state index >= 15 is 0 Å². The van der Waals surface area contributed by atoms with E-state index in [2.05, 4.69) is 31.2 Å². The summed E-state index contributed by atoms with van der Waals surface area (Å²) in [4.78, 5) is 18.7. The van der Waals surface area contributed by atoms with Crippen LogP contribution in [0.3, 0.4) is 0 Å². The summed E-state index contributed by atoms with van der Waals surface area (Å²) in [5.74, 6) is 1.32. The number of nitrogens with zero attached hydrogens (tertiary/aromatic N) is 2. The van der Waals surface area contributed by atoms with Crippen molar-refractivity contribution < 1.29 is 24.3 Å². The van der Waals surface area contributed by atoms with Gasteiger partial charge in [-0.05, 0) is 78.8 Å². The summed E-state index contributed by atoms with van der Waals surface area (Å²) in [5, 5.41) is 25.8. The van der Waals surface area contributed by atoms with Gasteiger partial charge in [-0.1, -0.05) is 52.1 Å². The first-order chi connectivity index (χ1) is 19.3. The Kier molecular flexibility index (Phi) is 10.0. The normalized spacial score (nSPS) is 15.1. The summed E-state index contributed by atoms with van der Waals surface area (Å²) in [6.07, 6.45) is 7.86. The number of benzene rings is 1. The zero-order valence-electron chi connectivity index (χ0n) is 24.4. The van der Waals surface area contributed by atoms with Crippen LogP contribution < -0.4 is 10.1 Å². The molecule has 1 unspecified atom stereocenters. The Labute approximate surface area is 241 Å². The minimum Gasteiger partial charge on any atom is -0.490 e. The fourth-order valence-electron chi connectivity index (χ4n) is 5.73. The number of aliphatic hydroxyl groups is 2. The molecule has 8 nitrogen and oxygen atoms in total. The van der Waals surface area contributed by atoms with Gasteiger partial charge >= 0.3 is 0 Å². The number of aromatic nitrogens is 2. The number of ether oxygens (including phenoxy) is 1. The van der Waals surface area contributed by atoms with Crippen LogP contribution in [0.2, 0.25) is 0 Å². The summed E-state index contributed by atoms with van der Waals surface area (Å²) in [7, 11) is 0. The minimum atomic E-state index is -0.895. The molecule has 0 saturated heterocycles. The van der Waals surface area contributed by atoms with E-state index in [1.54, 1.807) is 0 Å². The van der Waals surface area contributed by atoms with Crippen LogP contribution in [0.25, 0.3) is 22.2 Å². The topological polar surface area (TPSA) is 118 Å². The van der Waals surface area contributed by atoms with Crippen molar-refractivity contribution in [1.82, 2.24) is 15.5 Å². The van der Waals surface area contributed by atoms with E-state index in [1.807, 2.05) is 37.3 Å². The molecule has 40 heavy (non-hydrogen) atoms. The first kappa shape index (κ1) is 30.2. The lowest BCUT2D eigenvalue weighted by Crippen LogP contribution is -2.36. The quantitative estimate of drug-likeness (QED) is 0.251. The molecule has 2 heterocycles. The third kappa shape index (κ3) is 6.42.